The second-order valence-electron chi connectivity index (χ2n) is 3.98. The van der Waals surface area contributed by atoms with E-state index < -0.39 is 11.9 Å². The van der Waals surface area contributed by atoms with Gasteiger partial charge in [-0.3, -0.25) is 4.79 Å². The Bertz CT molecular complexity index is 419. The van der Waals surface area contributed by atoms with Gasteiger partial charge in [0.25, 0.3) is 0 Å². The third-order valence-corrected chi connectivity index (χ3v) is 2.64. The molecule has 2 rings (SSSR count). The molecule has 0 spiro atoms. The molecule has 1 aliphatic carbocycles. The fourth-order valence-electron chi connectivity index (χ4n) is 1.33. The molecule has 1 unspecified atom stereocenters. The number of rotatable bonds is 4. The van der Waals surface area contributed by atoms with Crippen LogP contribution in [0.4, 0.5) is 5.82 Å². The van der Waals surface area contributed by atoms with E-state index in [9.17, 15) is 4.79 Å². The molecule has 0 aromatic carbocycles. The molecule has 3 N–H and O–H groups in total. The summed E-state index contributed by atoms with van der Waals surface area (Å²) in [5.74, 6) is 1.28. The zero-order valence-corrected chi connectivity index (χ0v) is 9.66. The van der Waals surface area contributed by atoms with Gasteiger partial charge in [-0.05, 0) is 19.8 Å². The molecule has 1 aromatic heterocycles. The molecule has 86 valence electrons. The third kappa shape index (κ3) is 2.61. The van der Waals surface area contributed by atoms with E-state index in [-0.39, 0.29) is 0 Å². The zero-order chi connectivity index (χ0) is 11.7. The molecule has 0 aliphatic heterocycles. The standard InChI is InChI=1S/C10H13ClN4O/c1-5(9(12)16)13-8-4-7(11)14-10(15-8)6-2-3-6/h4-6H,2-3H2,1H3,(H2,12,16)(H,13,14,15). The van der Waals surface area contributed by atoms with Crippen LogP contribution in [0.2, 0.25) is 5.15 Å². The number of halogens is 1. The van der Waals surface area contributed by atoms with E-state index in [0.717, 1.165) is 18.7 Å². The van der Waals surface area contributed by atoms with Crippen molar-refractivity contribution in [2.75, 3.05) is 5.32 Å². The van der Waals surface area contributed by atoms with E-state index in [1.54, 1.807) is 13.0 Å². The van der Waals surface area contributed by atoms with Crippen molar-refractivity contribution in [2.45, 2.75) is 31.7 Å². The van der Waals surface area contributed by atoms with E-state index in [4.69, 9.17) is 17.3 Å². The molecule has 1 saturated carbocycles. The predicted octanol–water partition coefficient (Wildman–Crippen LogP) is 1.29. The topological polar surface area (TPSA) is 80.9 Å². The highest BCUT2D eigenvalue weighted by atomic mass is 35.5. The Morgan fingerprint density at radius 3 is 2.88 bits per heavy atom. The summed E-state index contributed by atoms with van der Waals surface area (Å²) < 4.78 is 0. The lowest BCUT2D eigenvalue weighted by molar-refractivity contribution is -0.118. The van der Waals surface area contributed by atoms with Gasteiger partial charge in [0.1, 0.15) is 22.8 Å². The van der Waals surface area contributed by atoms with Gasteiger partial charge >= 0.3 is 0 Å². The first-order valence-corrected chi connectivity index (χ1v) is 5.54. The maximum atomic E-state index is 10.9. The summed E-state index contributed by atoms with van der Waals surface area (Å²) in [6, 6.07) is 1.12. The third-order valence-electron chi connectivity index (χ3n) is 2.45. The van der Waals surface area contributed by atoms with Crippen LogP contribution in [0.3, 0.4) is 0 Å². The normalized spacial score (nSPS) is 16.9. The van der Waals surface area contributed by atoms with Gasteiger partial charge in [0.05, 0.1) is 0 Å². The van der Waals surface area contributed by atoms with Crippen molar-refractivity contribution in [3.05, 3.63) is 17.0 Å². The number of hydrogen-bond donors (Lipinski definition) is 2. The smallest absolute Gasteiger partial charge is 0.239 e. The van der Waals surface area contributed by atoms with Crippen molar-refractivity contribution >= 4 is 23.3 Å². The number of hydrogen-bond acceptors (Lipinski definition) is 4. The molecule has 1 amide bonds. The Kier molecular flexibility index (Phi) is 2.96. The van der Waals surface area contributed by atoms with Crippen LogP contribution in [0.1, 0.15) is 31.5 Å². The quantitative estimate of drug-likeness (QED) is 0.778. The molecule has 0 bridgehead atoms. The largest absolute Gasteiger partial charge is 0.368 e. The molecular formula is C10H13ClN4O. The molecule has 1 heterocycles. The summed E-state index contributed by atoms with van der Waals surface area (Å²) in [6.07, 6.45) is 2.20. The minimum Gasteiger partial charge on any atom is -0.368 e. The highest BCUT2D eigenvalue weighted by molar-refractivity contribution is 6.29. The number of nitrogens with zero attached hydrogens (tertiary/aromatic N) is 2. The van der Waals surface area contributed by atoms with Crippen LogP contribution in [0.15, 0.2) is 6.07 Å². The minimum absolute atomic E-state index is 0.385. The average Bonchev–Trinajstić information content (AvgIpc) is 2.99. The summed E-state index contributed by atoms with van der Waals surface area (Å²) in [5.41, 5.74) is 5.15. The maximum absolute atomic E-state index is 10.9. The van der Waals surface area contributed by atoms with E-state index in [1.165, 1.54) is 0 Å². The molecule has 1 fully saturated rings. The van der Waals surface area contributed by atoms with Gasteiger partial charge in [-0.25, -0.2) is 9.97 Å². The SMILES string of the molecule is CC(Nc1cc(Cl)nc(C2CC2)n1)C(N)=O. The molecular weight excluding hydrogens is 228 g/mol. The van der Waals surface area contributed by atoms with Crippen LogP contribution < -0.4 is 11.1 Å². The molecule has 1 aliphatic rings. The average molecular weight is 241 g/mol. The van der Waals surface area contributed by atoms with Gasteiger partial charge < -0.3 is 11.1 Å². The number of amides is 1. The first kappa shape index (κ1) is 11.1. The van der Waals surface area contributed by atoms with Gasteiger partial charge in [0.15, 0.2) is 0 Å². The van der Waals surface area contributed by atoms with E-state index in [0.29, 0.717) is 16.9 Å². The van der Waals surface area contributed by atoms with Crippen LogP contribution in [-0.2, 0) is 4.79 Å². The number of nitrogens with two attached hydrogens (primary N) is 1. The van der Waals surface area contributed by atoms with Gasteiger partial charge in [0.2, 0.25) is 5.91 Å². The van der Waals surface area contributed by atoms with Crippen molar-refractivity contribution in [3.8, 4) is 0 Å². The van der Waals surface area contributed by atoms with Crippen LogP contribution >= 0.6 is 11.6 Å². The molecule has 1 aromatic rings. The molecule has 5 nitrogen and oxygen atoms in total. The Labute approximate surface area is 98.4 Å². The summed E-state index contributed by atoms with van der Waals surface area (Å²) >= 11 is 5.88. The van der Waals surface area contributed by atoms with Crippen LogP contribution in [0.5, 0.6) is 0 Å². The van der Waals surface area contributed by atoms with Crippen LogP contribution in [0.25, 0.3) is 0 Å². The summed E-state index contributed by atoms with van der Waals surface area (Å²) in [5, 5.41) is 3.28. The van der Waals surface area contributed by atoms with E-state index in [2.05, 4.69) is 15.3 Å². The van der Waals surface area contributed by atoms with Crippen molar-refractivity contribution in [3.63, 3.8) is 0 Å². The second-order valence-corrected chi connectivity index (χ2v) is 4.36. The number of nitrogens with one attached hydrogen (secondary N) is 1. The van der Waals surface area contributed by atoms with Crippen molar-refractivity contribution < 1.29 is 4.79 Å². The predicted molar refractivity (Wildman–Crippen MR) is 61.3 cm³/mol. The lowest BCUT2D eigenvalue weighted by Gasteiger charge is -2.11. The Morgan fingerprint density at radius 2 is 2.31 bits per heavy atom. The van der Waals surface area contributed by atoms with Crippen molar-refractivity contribution in [1.29, 1.82) is 0 Å². The number of aromatic nitrogens is 2. The number of carbonyl (C=O) groups is 1. The van der Waals surface area contributed by atoms with Crippen LogP contribution in [0, 0.1) is 0 Å². The van der Waals surface area contributed by atoms with Crippen molar-refractivity contribution in [1.82, 2.24) is 9.97 Å². The highest BCUT2D eigenvalue weighted by Crippen LogP contribution is 2.38. The lowest BCUT2D eigenvalue weighted by atomic mass is 10.3. The fourth-order valence-corrected chi connectivity index (χ4v) is 1.52. The highest BCUT2D eigenvalue weighted by Gasteiger charge is 2.27. The molecule has 0 radical (unpaired) electrons. The van der Waals surface area contributed by atoms with Gasteiger partial charge in [-0.1, -0.05) is 11.6 Å². The van der Waals surface area contributed by atoms with Crippen LogP contribution in [-0.4, -0.2) is 21.9 Å². The monoisotopic (exact) mass is 240 g/mol. The maximum Gasteiger partial charge on any atom is 0.239 e. The lowest BCUT2D eigenvalue weighted by Crippen LogP contribution is -2.32. The molecule has 1 atom stereocenters. The molecule has 6 heteroatoms. The number of primary amides is 1. The zero-order valence-electron chi connectivity index (χ0n) is 8.90. The Morgan fingerprint density at radius 1 is 1.62 bits per heavy atom. The fraction of sp³-hybridized carbons (Fsp3) is 0.500. The van der Waals surface area contributed by atoms with Gasteiger partial charge in [-0.2, -0.15) is 0 Å². The van der Waals surface area contributed by atoms with E-state index in [1.807, 2.05) is 0 Å². The van der Waals surface area contributed by atoms with E-state index >= 15 is 0 Å². The Balaban J connectivity index is 2.16. The van der Waals surface area contributed by atoms with Gasteiger partial charge in [0, 0.05) is 12.0 Å². The Hall–Kier alpha value is -1.36. The summed E-state index contributed by atoms with van der Waals surface area (Å²) in [7, 11) is 0. The number of anilines is 1. The first-order chi connectivity index (χ1) is 7.56. The molecule has 0 saturated heterocycles. The molecule has 16 heavy (non-hydrogen) atoms. The van der Waals surface area contributed by atoms with Crippen molar-refractivity contribution in [2.24, 2.45) is 5.73 Å². The summed E-state index contributed by atoms with van der Waals surface area (Å²) in [4.78, 5) is 19.4. The number of carbonyl (C=O) groups excluding carboxylic acids is 1. The summed E-state index contributed by atoms with van der Waals surface area (Å²) in [6.45, 7) is 1.68. The van der Waals surface area contributed by atoms with Gasteiger partial charge in [-0.15, -0.1) is 0 Å². The second kappa shape index (κ2) is 4.25. The first-order valence-electron chi connectivity index (χ1n) is 5.16. The minimum atomic E-state index is -0.474.